The summed E-state index contributed by atoms with van der Waals surface area (Å²) < 4.78 is 25.4. The molecule has 0 aliphatic carbocycles. The van der Waals surface area contributed by atoms with Crippen LogP contribution in [0.1, 0.15) is 20.8 Å². The van der Waals surface area contributed by atoms with Gasteiger partial charge in [-0.25, -0.2) is 9.59 Å². The number of rotatable bonds is 4. The van der Waals surface area contributed by atoms with Crippen LogP contribution in [-0.4, -0.2) is 54.6 Å². The van der Waals surface area contributed by atoms with E-state index < -0.39 is 54.6 Å². The van der Waals surface area contributed by atoms with Gasteiger partial charge >= 0.3 is 23.9 Å². The summed E-state index contributed by atoms with van der Waals surface area (Å²) in [7, 11) is 0. The predicted molar refractivity (Wildman–Crippen MR) is 70.6 cm³/mol. The molecule has 2 aliphatic rings. The van der Waals surface area contributed by atoms with Crippen molar-refractivity contribution in [3.63, 3.8) is 0 Å². The van der Waals surface area contributed by atoms with Crippen molar-refractivity contribution in [1.82, 2.24) is 0 Å². The molecule has 2 rings (SSSR count). The van der Waals surface area contributed by atoms with Gasteiger partial charge in [-0.05, 0) is 6.92 Å². The Morgan fingerprint density at radius 2 is 1.61 bits per heavy atom. The molecule has 2 aliphatic heterocycles. The van der Waals surface area contributed by atoms with Gasteiger partial charge in [-0.1, -0.05) is 6.58 Å². The highest BCUT2D eigenvalue weighted by molar-refractivity contribution is 5.90. The van der Waals surface area contributed by atoms with Gasteiger partial charge in [0.05, 0.1) is 0 Å². The predicted octanol–water partition coefficient (Wildman–Crippen LogP) is -0.381. The molecule has 23 heavy (non-hydrogen) atoms. The quantitative estimate of drug-likeness (QED) is 0.387. The molecule has 0 amide bonds. The monoisotopic (exact) mass is 328 g/mol. The minimum absolute atomic E-state index is 0.0901. The molecule has 0 aromatic carbocycles. The summed E-state index contributed by atoms with van der Waals surface area (Å²) in [4.78, 5) is 45.8. The average molecular weight is 328 g/mol. The van der Waals surface area contributed by atoms with Gasteiger partial charge in [0.15, 0.2) is 12.2 Å². The molecule has 0 bridgehead atoms. The van der Waals surface area contributed by atoms with Crippen molar-refractivity contribution in [3.05, 3.63) is 12.2 Å². The zero-order valence-corrected chi connectivity index (χ0v) is 12.8. The zero-order chi connectivity index (χ0) is 17.3. The topological polar surface area (TPSA) is 114 Å². The molecule has 5 unspecified atom stereocenters. The van der Waals surface area contributed by atoms with E-state index in [0.717, 1.165) is 13.8 Å². The van der Waals surface area contributed by atoms with Gasteiger partial charge in [0.1, 0.15) is 0 Å². The van der Waals surface area contributed by atoms with Crippen molar-refractivity contribution in [3.8, 4) is 0 Å². The number of carbonyl (C=O) groups excluding carboxylic acids is 4. The van der Waals surface area contributed by atoms with Gasteiger partial charge in [-0.3, -0.25) is 9.59 Å². The van der Waals surface area contributed by atoms with Crippen molar-refractivity contribution < 1.29 is 42.9 Å². The third-order valence-corrected chi connectivity index (χ3v) is 3.16. The number of hydrogen-bond donors (Lipinski definition) is 0. The smallest absolute Gasteiger partial charge is 0.350 e. The number of ether oxygens (including phenoxy) is 5. The van der Waals surface area contributed by atoms with Crippen LogP contribution in [0.5, 0.6) is 0 Å². The van der Waals surface area contributed by atoms with Crippen molar-refractivity contribution >= 4 is 23.9 Å². The van der Waals surface area contributed by atoms with E-state index in [1.807, 2.05) is 0 Å². The summed E-state index contributed by atoms with van der Waals surface area (Å²) in [6, 6.07) is 0. The fraction of sp³-hybridized carbons (Fsp3) is 0.571. The SMILES string of the molecule is C=C(C)C(=O)OC1C(=O)OC2C(OC(C)=O)C(OC(C)=O)OC12. The molecule has 2 saturated heterocycles. The molecule has 2 fully saturated rings. The highest BCUT2D eigenvalue weighted by atomic mass is 16.8. The largest absolute Gasteiger partial charge is 0.452 e. The van der Waals surface area contributed by atoms with Crippen LogP contribution >= 0.6 is 0 Å². The van der Waals surface area contributed by atoms with E-state index in [1.54, 1.807) is 0 Å². The molecule has 5 atom stereocenters. The lowest BCUT2D eigenvalue weighted by molar-refractivity contribution is -0.205. The van der Waals surface area contributed by atoms with E-state index in [0.29, 0.717) is 0 Å². The van der Waals surface area contributed by atoms with Gasteiger partial charge in [0, 0.05) is 19.4 Å². The van der Waals surface area contributed by atoms with Gasteiger partial charge in [-0.2, -0.15) is 0 Å². The lowest BCUT2D eigenvalue weighted by Gasteiger charge is -2.21. The van der Waals surface area contributed by atoms with Crippen LogP contribution in [0.3, 0.4) is 0 Å². The standard InChI is InChI=1S/C14H16O9/c1-5(2)12(17)22-10-8-9(21-13(10)18)11(19-6(3)15)14(23-8)20-7(4)16/h8-11,14H,1H2,2-4H3. The Balaban J connectivity index is 2.19. The molecule has 0 N–H and O–H groups in total. The van der Waals surface area contributed by atoms with E-state index in [1.165, 1.54) is 6.92 Å². The average Bonchev–Trinajstić information content (AvgIpc) is 2.87. The Bertz CT molecular complexity index is 567. The highest BCUT2D eigenvalue weighted by Gasteiger charge is 2.61. The second-order valence-corrected chi connectivity index (χ2v) is 5.16. The maximum atomic E-state index is 11.8. The number of hydrogen-bond acceptors (Lipinski definition) is 9. The second-order valence-electron chi connectivity index (χ2n) is 5.16. The number of carbonyl (C=O) groups is 4. The first-order chi connectivity index (χ1) is 10.7. The van der Waals surface area contributed by atoms with Gasteiger partial charge in [-0.15, -0.1) is 0 Å². The summed E-state index contributed by atoms with van der Waals surface area (Å²) in [5, 5.41) is 0. The molecular formula is C14H16O9. The summed E-state index contributed by atoms with van der Waals surface area (Å²) in [5.41, 5.74) is 0.0901. The Morgan fingerprint density at radius 1 is 1.00 bits per heavy atom. The third kappa shape index (κ3) is 3.50. The lowest BCUT2D eigenvalue weighted by Crippen LogP contribution is -2.38. The molecular weight excluding hydrogens is 312 g/mol. The van der Waals surface area contributed by atoms with Crippen LogP contribution in [0.25, 0.3) is 0 Å². The van der Waals surface area contributed by atoms with Crippen LogP contribution < -0.4 is 0 Å². The summed E-state index contributed by atoms with van der Waals surface area (Å²) in [6.45, 7) is 7.12. The molecule has 0 aromatic heterocycles. The molecule has 2 heterocycles. The van der Waals surface area contributed by atoms with E-state index in [4.69, 9.17) is 23.7 Å². The van der Waals surface area contributed by atoms with Crippen LogP contribution in [-0.2, 0) is 42.9 Å². The first-order valence-corrected chi connectivity index (χ1v) is 6.77. The van der Waals surface area contributed by atoms with Crippen molar-refractivity contribution in [2.24, 2.45) is 0 Å². The first-order valence-electron chi connectivity index (χ1n) is 6.77. The first kappa shape index (κ1) is 16.9. The normalized spacial score (nSPS) is 31.8. The van der Waals surface area contributed by atoms with Crippen LogP contribution in [0.4, 0.5) is 0 Å². The molecule has 0 aromatic rings. The molecule has 9 nitrogen and oxygen atoms in total. The maximum Gasteiger partial charge on any atom is 0.350 e. The fourth-order valence-corrected chi connectivity index (χ4v) is 2.27. The van der Waals surface area contributed by atoms with E-state index in [-0.39, 0.29) is 5.57 Å². The summed E-state index contributed by atoms with van der Waals surface area (Å²) >= 11 is 0. The Hall–Kier alpha value is -2.42. The zero-order valence-electron chi connectivity index (χ0n) is 12.8. The minimum Gasteiger partial charge on any atom is -0.452 e. The maximum absolute atomic E-state index is 11.8. The van der Waals surface area contributed by atoms with Gasteiger partial charge in [0.2, 0.25) is 18.5 Å². The Kier molecular flexibility index (Phi) is 4.69. The van der Waals surface area contributed by atoms with E-state index in [2.05, 4.69) is 6.58 Å². The molecule has 0 saturated carbocycles. The summed E-state index contributed by atoms with van der Waals surface area (Å²) in [6.07, 6.45) is -5.86. The Labute approximate surface area is 131 Å². The van der Waals surface area contributed by atoms with Crippen molar-refractivity contribution in [2.45, 2.75) is 51.5 Å². The summed E-state index contributed by atoms with van der Waals surface area (Å²) in [5.74, 6) is -2.98. The van der Waals surface area contributed by atoms with Crippen LogP contribution in [0, 0.1) is 0 Å². The molecule has 126 valence electrons. The molecule has 0 radical (unpaired) electrons. The van der Waals surface area contributed by atoms with Gasteiger partial charge < -0.3 is 23.7 Å². The molecule has 0 spiro atoms. The minimum atomic E-state index is -1.36. The molecule has 9 heteroatoms. The fourth-order valence-electron chi connectivity index (χ4n) is 2.27. The van der Waals surface area contributed by atoms with Crippen molar-refractivity contribution in [2.75, 3.05) is 0 Å². The number of fused-ring (bicyclic) bond motifs is 1. The second kappa shape index (κ2) is 6.37. The van der Waals surface area contributed by atoms with Crippen molar-refractivity contribution in [1.29, 1.82) is 0 Å². The lowest BCUT2D eigenvalue weighted by atomic mass is 10.1. The third-order valence-electron chi connectivity index (χ3n) is 3.16. The highest BCUT2D eigenvalue weighted by Crippen LogP contribution is 2.36. The van der Waals surface area contributed by atoms with E-state index in [9.17, 15) is 19.2 Å². The number of esters is 4. The van der Waals surface area contributed by atoms with Crippen LogP contribution in [0.15, 0.2) is 12.2 Å². The van der Waals surface area contributed by atoms with Crippen LogP contribution in [0.2, 0.25) is 0 Å². The van der Waals surface area contributed by atoms with E-state index >= 15 is 0 Å². The Morgan fingerprint density at radius 3 is 2.13 bits per heavy atom. The van der Waals surface area contributed by atoms with Gasteiger partial charge in [0.25, 0.3) is 0 Å².